The second kappa shape index (κ2) is 2.70. The molecule has 0 unspecified atom stereocenters. The van der Waals surface area contributed by atoms with E-state index < -0.39 is 0 Å². The van der Waals surface area contributed by atoms with Gasteiger partial charge in [0, 0.05) is 7.11 Å². The lowest BCUT2D eigenvalue weighted by atomic mass is 9.56. The molecular weight excluding hydrogens is 112 g/mol. The van der Waals surface area contributed by atoms with Gasteiger partial charge in [-0.15, -0.1) is 0 Å². The highest BCUT2D eigenvalue weighted by Crippen LogP contribution is 2.55. The van der Waals surface area contributed by atoms with E-state index in [1.165, 1.54) is 12.8 Å². The summed E-state index contributed by atoms with van der Waals surface area (Å²) < 4.78 is 0. The fraction of sp³-hybridized carbons (Fsp3) is 1.00. The highest BCUT2D eigenvalue weighted by atomic mass is 16.2. The van der Waals surface area contributed by atoms with Crippen molar-refractivity contribution in [3.05, 3.63) is 0 Å². The van der Waals surface area contributed by atoms with Gasteiger partial charge in [-0.05, 0) is 31.1 Å². The lowest BCUT2D eigenvalue weighted by molar-refractivity contribution is 0.0314. The number of hydrogen-bond donors (Lipinski definition) is 1. The van der Waals surface area contributed by atoms with Crippen LogP contribution in [0.15, 0.2) is 0 Å². The molecule has 1 heteroatoms. The van der Waals surface area contributed by atoms with Crippen molar-refractivity contribution in [2.75, 3.05) is 7.11 Å². The Hall–Kier alpha value is -0.0400. The second-order valence-electron chi connectivity index (χ2n) is 3.21. The maximum atomic E-state index is 7.00. The normalized spacial score (nSPS) is 27.3. The summed E-state index contributed by atoms with van der Waals surface area (Å²) in [4.78, 5) is 0. The van der Waals surface area contributed by atoms with Gasteiger partial charge in [0.05, 0.1) is 0 Å². The molecule has 0 aromatic heterocycles. The van der Waals surface area contributed by atoms with Gasteiger partial charge in [-0.3, -0.25) is 0 Å². The molecule has 1 nitrogen and oxygen atoms in total. The minimum Gasteiger partial charge on any atom is -0.400 e. The van der Waals surface area contributed by atoms with Crippen molar-refractivity contribution >= 4 is 0 Å². The minimum absolute atomic E-state index is 0.944. The van der Waals surface area contributed by atoms with E-state index in [-0.39, 0.29) is 0 Å². The highest BCUT2D eigenvalue weighted by molar-refractivity contribution is 4.93. The van der Waals surface area contributed by atoms with Crippen LogP contribution in [0.5, 0.6) is 0 Å². The summed E-state index contributed by atoms with van der Waals surface area (Å²) in [6.07, 6.45) is 9.31. The molecule has 0 bridgehead atoms. The fourth-order valence-electron chi connectivity index (χ4n) is 1.85. The molecule has 0 saturated heterocycles. The highest BCUT2D eigenvalue weighted by Gasteiger charge is 2.41. The zero-order chi connectivity index (χ0) is 6.74. The van der Waals surface area contributed by atoms with Crippen LogP contribution in [0.25, 0.3) is 0 Å². The summed E-state index contributed by atoms with van der Waals surface area (Å²) in [6, 6.07) is 0. The zero-order valence-corrected chi connectivity index (χ0v) is 6.19. The predicted molar refractivity (Wildman–Crippen MR) is 38.3 cm³/mol. The Bertz CT molecular complexity index is 65.1. The number of aliphatic hydroxyl groups excluding tert-OH is 1. The standard InChI is InChI=1S/C7H12.CH4O/c1-3-7(4-1)5-2-6-7;1-2/h1-6H2;2H,1H3. The van der Waals surface area contributed by atoms with Crippen molar-refractivity contribution < 1.29 is 5.11 Å². The summed E-state index contributed by atoms with van der Waals surface area (Å²) in [7, 11) is 1.00. The quantitative estimate of drug-likeness (QED) is 0.528. The van der Waals surface area contributed by atoms with Gasteiger partial charge in [-0.1, -0.05) is 12.8 Å². The molecule has 0 amide bonds. The molecular formula is C8H16O. The van der Waals surface area contributed by atoms with Crippen LogP contribution in [0.3, 0.4) is 0 Å². The third kappa shape index (κ3) is 1.11. The molecule has 0 aromatic rings. The summed E-state index contributed by atoms with van der Waals surface area (Å²) in [6.45, 7) is 0. The Balaban J connectivity index is 0.000000186. The molecule has 2 fully saturated rings. The largest absolute Gasteiger partial charge is 0.400 e. The molecule has 2 rings (SSSR count). The molecule has 2 saturated carbocycles. The van der Waals surface area contributed by atoms with Crippen LogP contribution in [0, 0.1) is 5.41 Å². The molecule has 0 atom stereocenters. The molecule has 9 heavy (non-hydrogen) atoms. The van der Waals surface area contributed by atoms with Crippen molar-refractivity contribution in [3.8, 4) is 0 Å². The lowest BCUT2D eigenvalue weighted by Crippen LogP contribution is -2.35. The van der Waals surface area contributed by atoms with Crippen molar-refractivity contribution in [3.63, 3.8) is 0 Å². The monoisotopic (exact) mass is 128 g/mol. The summed E-state index contributed by atoms with van der Waals surface area (Å²) >= 11 is 0. The van der Waals surface area contributed by atoms with Crippen molar-refractivity contribution in [1.82, 2.24) is 0 Å². The number of aliphatic hydroxyl groups is 1. The van der Waals surface area contributed by atoms with Crippen LogP contribution >= 0.6 is 0 Å². The molecule has 2 aliphatic rings. The molecule has 1 N–H and O–H groups in total. The second-order valence-corrected chi connectivity index (χ2v) is 3.21. The Morgan fingerprint density at radius 2 is 1.22 bits per heavy atom. The third-order valence-corrected chi connectivity index (χ3v) is 2.83. The van der Waals surface area contributed by atoms with E-state index in [2.05, 4.69) is 0 Å². The summed E-state index contributed by atoms with van der Waals surface area (Å²) in [5, 5.41) is 7.00. The van der Waals surface area contributed by atoms with Gasteiger partial charge in [0.2, 0.25) is 0 Å². The van der Waals surface area contributed by atoms with E-state index >= 15 is 0 Å². The fourth-order valence-corrected chi connectivity index (χ4v) is 1.85. The van der Waals surface area contributed by atoms with Crippen LogP contribution < -0.4 is 0 Å². The molecule has 0 aliphatic heterocycles. The van der Waals surface area contributed by atoms with Crippen LogP contribution in [0.1, 0.15) is 38.5 Å². The summed E-state index contributed by atoms with van der Waals surface area (Å²) in [5.41, 5.74) is 0.944. The molecule has 54 valence electrons. The van der Waals surface area contributed by atoms with Crippen molar-refractivity contribution in [2.45, 2.75) is 38.5 Å². The molecule has 0 heterocycles. The van der Waals surface area contributed by atoms with Gasteiger partial charge in [-0.25, -0.2) is 0 Å². The van der Waals surface area contributed by atoms with Crippen molar-refractivity contribution in [1.29, 1.82) is 0 Å². The predicted octanol–water partition coefficient (Wildman–Crippen LogP) is 1.95. The first-order valence-electron chi connectivity index (χ1n) is 3.86. The lowest BCUT2D eigenvalue weighted by Gasteiger charge is -2.49. The number of hydrogen-bond acceptors (Lipinski definition) is 1. The van der Waals surface area contributed by atoms with Gasteiger partial charge in [0.15, 0.2) is 0 Å². The van der Waals surface area contributed by atoms with Gasteiger partial charge in [0.1, 0.15) is 0 Å². The molecule has 0 radical (unpaired) electrons. The van der Waals surface area contributed by atoms with E-state index in [0.717, 1.165) is 12.5 Å². The van der Waals surface area contributed by atoms with E-state index in [1.54, 1.807) is 25.7 Å². The van der Waals surface area contributed by atoms with E-state index in [9.17, 15) is 0 Å². The SMILES string of the molecule is C1CC2(C1)CCC2.CO. The van der Waals surface area contributed by atoms with Gasteiger partial charge in [0.25, 0.3) is 0 Å². The average molecular weight is 128 g/mol. The van der Waals surface area contributed by atoms with Crippen LogP contribution in [-0.2, 0) is 0 Å². The minimum atomic E-state index is 0.944. The Kier molecular flexibility index (Phi) is 2.12. The topological polar surface area (TPSA) is 20.2 Å². The van der Waals surface area contributed by atoms with Gasteiger partial charge in [-0.2, -0.15) is 0 Å². The van der Waals surface area contributed by atoms with E-state index in [0.29, 0.717) is 0 Å². The maximum Gasteiger partial charge on any atom is 0.0319 e. The zero-order valence-electron chi connectivity index (χ0n) is 6.19. The maximum absolute atomic E-state index is 7.00. The Labute approximate surface area is 57.1 Å². The van der Waals surface area contributed by atoms with Crippen LogP contribution in [0.2, 0.25) is 0 Å². The first kappa shape index (κ1) is 7.07. The molecule has 2 aliphatic carbocycles. The number of rotatable bonds is 0. The van der Waals surface area contributed by atoms with Gasteiger partial charge < -0.3 is 5.11 Å². The molecule has 1 spiro atoms. The third-order valence-electron chi connectivity index (χ3n) is 2.83. The first-order valence-corrected chi connectivity index (χ1v) is 3.86. The van der Waals surface area contributed by atoms with E-state index in [4.69, 9.17) is 5.11 Å². The van der Waals surface area contributed by atoms with Crippen molar-refractivity contribution in [2.24, 2.45) is 5.41 Å². The van der Waals surface area contributed by atoms with Crippen LogP contribution in [0.4, 0.5) is 0 Å². The Morgan fingerprint density at radius 3 is 1.22 bits per heavy atom. The van der Waals surface area contributed by atoms with Gasteiger partial charge >= 0.3 is 0 Å². The molecule has 0 aromatic carbocycles. The first-order chi connectivity index (χ1) is 4.41. The average Bonchev–Trinajstić information content (AvgIpc) is 1.63. The summed E-state index contributed by atoms with van der Waals surface area (Å²) in [5.74, 6) is 0. The van der Waals surface area contributed by atoms with Crippen LogP contribution in [-0.4, -0.2) is 12.2 Å². The smallest absolute Gasteiger partial charge is 0.0319 e. The Morgan fingerprint density at radius 1 is 0.889 bits per heavy atom. The van der Waals surface area contributed by atoms with E-state index in [1.807, 2.05) is 0 Å².